The fourth-order valence-corrected chi connectivity index (χ4v) is 3.86. The molecular formula is C26H24FN3O3. The summed E-state index contributed by atoms with van der Waals surface area (Å²) in [5.74, 6) is -1.63. The van der Waals surface area contributed by atoms with Crippen LogP contribution in [-0.4, -0.2) is 24.0 Å². The maximum atomic E-state index is 13.8. The van der Waals surface area contributed by atoms with Crippen LogP contribution in [0, 0.1) is 5.82 Å². The fourth-order valence-electron chi connectivity index (χ4n) is 3.86. The van der Waals surface area contributed by atoms with Gasteiger partial charge in [0.1, 0.15) is 5.82 Å². The molecule has 0 aromatic heterocycles. The summed E-state index contributed by atoms with van der Waals surface area (Å²) in [5.41, 5.74) is 5.48. The summed E-state index contributed by atoms with van der Waals surface area (Å²) in [6.07, 6.45) is 0.386. The molecule has 0 atom stereocenters. The Bertz CT molecular complexity index is 1240. The van der Waals surface area contributed by atoms with Crippen LogP contribution in [0.5, 0.6) is 0 Å². The number of hydrogen-bond donors (Lipinski definition) is 4. The summed E-state index contributed by atoms with van der Waals surface area (Å²) in [5, 5.41) is 18.3. The predicted octanol–water partition coefficient (Wildman–Crippen LogP) is 4.49. The first-order valence-electron chi connectivity index (χ1n) is 10.6. The molecule has 0 fully saturated rings. The number of carboxylic acids is 1. The third kappa shape index (κ3) is 5.10. The highest BCUT2D eigenvalue weighted by Gasteiger charge is 2.29. The van der Waals surface area contributed by atoms with Gasteiger partial charge in [-0.15, -0.1) is 0 Å². The monoisotopic (exact) mass is 445 g/mol. The lowest BCUT2D eigenvalue weighted by Crippen LogP contribution is -2.10. The molecule has 1 amide bonds. The predicted molar refractivity (Wildman–Crippen MR) is 127 cm³/mol. The van der Waals surface area contributed by atoms with Crippen LogP contribution < -0.4 is 16.0 Å². The number of fused-ring (bicyclic) bond motifs is 1. The molecule has 0 radical (unpaired) electrons. The number of carbonyl (C=O) groups is 2. The Morgan fingerprint density at radius 2 is 1.82 bits per heavy atom. The third-order valence-electron chi connectivity index (χ3n) is 5.42. The van der Waals surface area contributed by atoms with E-state index in [1.807, 2.05) is 55.6 Å². The highest BCUT2D eigenvalue weighted by atomic mass is 19.1. The third-order valence-corrected chi connectivity index (χ3v) is 5.42. The standard InChI is InChI=1S/C26H24FN3O3/c1-28-15-17-5-9-20(10-6-17)29-25(18-4-2-3-16(13-18)7-12-23(31)32)24-21-11-8-19(27)14-22(21)30-26(24)33/h2-6,8-11,13-14,28-29H,7,12,15H2,1H3,(H,30,33)(H,31,32)/b25-24-. The first kappa shape index (κ1) is 22.2. The molecule has 4 N–H and O–H groups in total. The number of anilines is 2. The van der Waals surface area contributed by atoms with Gasteiger partial charge >= 0.3 is 5.97 Å². The van der Waals surface area contributed by atoms with E-state index in [1.54, 1.807) is 6.07 Å². The number of rotatable bonds is 8. The summed E-state index contributed by atoms with van der Waals surface area (Å²) in [7, 11) is 1.88. The summed E-state index contributed by atoms with van der Waals surface area (Å²) in [4.78, 5) is 24.0. The van der Waals surface area contributed by atoms with E-state index in [1.165, 1.54) is 12.1 Å². The highest BCUT2D eigenvalue weighted by molar-refractivity contribution is 6.37. The smallest absolute Gasteiger partial charge is 0.303 e. The topological polar surface area (TPSA) is 90.5 Å². The van der Waals surface area contributed by atoms with Crippen molar-refractivity contribution in [2.75, 3.05) is 17.7 Å². The van der Waals surface area contributed by atoms with Crippen molar-refractivity contribution in [2.24, 2.45) is 0 Å². The molecule has 1 aliphatic heterocycles. The van der Waals surface area contributed by atoms with Crippen LogP contribution in [0.3, 0.4) is 0 Å². The second-order valence-electron chi connectivity index (χ2n) is 7.84. The number of aryl methyl sites for hydroxylation is 1. The molecule has 0 spiro atoms. The Morgan fingerprint density at radius 1 is 1.03 bits per heavy atom. The van der Waals surface area contributed by atoms with Crippen molar-refractivity contribution >= 4 is 34.5 Å². The first-order chi connectivity index (χ1) is 15.9. The van der Waals surface area contributed by atoms with Crippen molar-refractivity contribution in [3.8, 4) is 0 Å². The Morgan fingerprint density at radius 3 is 2.55 bits per heavy atom. The van der Waals surface area contributed by atoms with E-state index in [4.69, 9.17) is 5.11 Å². The Labute approximate surface area is 191 Å². The van der Waals surface area contributed by atoms with Crippen molar-refractivity contribution in [2.45, 2.75) is 19.4 Å². The minimum atomic E-state index is -0.870. The lowest BCUT2D eigenvalue weighted by molar-refractivity contribution is -0.137. The van der Waals surface area contributed by atoms with Crippen LogP contribution in [0.15, 0.2) is 66.7 Å². The second-order valence-corrected chi connectivity index (χ2v) is 7.84. The number of carbonyl (C=O) groups excluding carboxylic acids is 1. The maximum absolute atomic E-state index is 13.8. The van der Waals surface area contributed by atoms with Gasteiger partial charge < -0.3 is 21.1 Å². The zero-order chi connectivity index (χ0) is 23.4. The molecule has 0 aliphatic carbocycles. The van der Waals surface area contributed by atoms with E-state index in [2.05, 4.69) is 16.0 Å². The summed E-state index contributed by atoms with van der Waals surface area (Å²) in [6, 6.07) is 19.5. The Balaban J connectivity index is 1.80. The van der Waals surface area contributed by atoms with Gasteiger partial charge in [-0.1, -0.05) is 30.3 Å². The van der Waals surface area contributed by atoms with Crippen LogP contribution in [-0.2, 0) is 22.6 Å². The van der Waals surface area contributed by atoms with Gasteiger partial charge in [-0.3, -0.25) is 9.59 Å². The normalized spacial score (nSPS) is 13.9. The van der Waals surface area contributed by atoms with E-state index in [-0.39, 0.29) is 12.3 Å². The van der Waals surface area contributed by atoms with Gasteiger partial charge in [0.05, 0.1) is 17.0 Å². The van der Waals surface area contributed by atoms with Crippen LogP contribution in [0.25, 0.3) is 11.3 Å². The van der Waals surface area contributed by atoms with E-state index in [0.29, 0.717) is 28.9 Å². The van der Waals surface area contributed by atoms with Crippen LogP contribution in [0.4, 0.5) is 15.8 Å². The first-order valence-corrected chi connectivity index (χ1v) is 10.6. The average molecular weight is 445 g/mol. The van der Waals surface area contributed by atoms with E-state index in [9.17, 15) is 14.0 Å². The highest BCUT2D eigenvalue weighted by Crippen LogP contribution is 2.38. The number of hydrogen-bond acceptors (Lipinski definition) is 4. The molecule has 0 saturated carbocycles. The largest absolute Gasteiger partial charge is 0.481 e. The number of halogens is 1. The van der Waals surface area contributed by atoms with Gasteiger partial charge in [0, 0.05) is 24.2 Å². The molecule has 3 aromatic carbocycles. The fraction of sp³-hybridized carbons (Fsp3) is 0.154. The van der Waals surface area contributed by atoms with E-state index in [0.717, 1.165) is 28.9 Å². The molecule has 33 heavy (non-hydrogen) atoms. The Hall–Kier alpha value is -3.97. The maximum Gasteiger partial charge on any atom is 0.303 e. The molecule has 4 rings (SSSR count). The van der Waals surface area contributed by atoms with Crippen molar-refractivity contribution < 1.29 is 19.1 Å². The van der Waals surface area contributed by atoms with Crippen molar-refractivity contribution in [3.63, 3.8) is 0 Å². The molecule has 3 aromatic rings. The zero-order valence-electron chi connectivity index (χ0n) is 18.1. The van der Waals surface area contributed by atoms with Gasteiger partial charge in [-0.25, -0.2) is 4.39 Å². The van der Waals surface area contributed by atoms with Crippen molar-refractivity contribution in [1.29, 1.82) is 0 Å². The number of amides is 1. The molecule has 0 saturated heterocycles. The van der Waals surface area contributed by atoms with Gasteiger partial charge in [0.2, 0.25) is 0 Å². The lowest BCUT2D eigenvalue weighted by Gasteiger charge is -2.16. The summed E-state index contributed by atoms with van der Waals surface area (Å²) < 4.78 is 13.8. The van der Waals surface area contributed by atoms with Crippen LogP contribution in [0.2, 0.25) is 0 Å². The number of nitrogens with one attached hydrogen (secondary N) is 3. The number of benzene rings is 3. The molecule has 1 aliphatic rings. The van der Waals surface area contributed by atoms with Crippen LogP contribution >= 0.6 is 0 Å². The van der Waals surface area contributed by atoms with Gasteiger partial charge in [0.25, 0.3) is 5.91 Å². The van der Waals surface area contributed by atoms with E-state index < -0.39 is 11.8 Å². The molecule has 7 heteroatoms. The molecule has 1 heterocycles. The lowest BCUT2D eigenvalue weighted by atomic mass is 9.97. The van der Waals surface area contributed by atoms with Gasteiger partial charge in [-0.2, -0.15) is 0 Å². The quantitative estimate of drug-likeness (QED) is 0.384. The van der Waals surface area contributed by atoms with Crippen molar-refractivity contribution in [1.82, 2.24) is 5.32 Å². The molecule has 0 unspecified atom stereocenters. The number of aliphatic carboxylic acids is 1. The van der Waals surface area contributed by atoms with Crippen molar-refractivity contribution in [3.05, 3.63) is 94.8 Å². The van der Waals surface area contributed by atoms with Gasteiger partial charge in [-0.05, 0) is 66.6 Å². The second kappa shape index (κ2) is 9.67. The number of carboxylic acid groups (broad SMARTS) is 1. The SMILES string of the molecule is CNCc1ccc(N/C(=C2\C(=O)Nc3cc(F)ccc32)c2cccc(CCC(=O)O)c2)cc1. The summed E-state index contributed by atoms with van der Waals surface area (Å²) in [6.45, 7) is 0.737. The molecular weight excluding hydrogens is 421 g/mol. The minimum Gasteiger partial charge on any atom is -0.481 e. The molecule has 0 bridgehead atoms. The summed E-state index contributed by atoms with van der Waals surface area (Å²) >= 11 is 0. The van der Waals surface area contributed by atoms with Crippen LogP contribution in [0.1, 0.15) is 28.7 Å². The zero-order valence-corrected chi connectivity index (χ0v) is 18.1. The molecule has 168 valence electrons. The average Bonchev–Trinajstić information content (AvgIpc) is 3.12. The van der Waals surface area contributed by atoms with E-state index >= 15 is 0 Å². The van der Waals surface area contributed by atoms with Gasteiger partial charge in [0.15, 0.2) is 0 Å². The Kier molecular flexibility index (Phi) is 6.51. The minimum absolute atomic E-state index is 0.0122. The molecule has 6 nitrogen and oxygen atoms in total.